The summed E-state index contributed by atoms with van der Waals surface area (Å²) in [6, 6.07) is 39.3. The molecule has 2 N–H and O–H groups in total. The predicted octanol–water partition coefficient (Wildman–Crippen LogP) is 5.97. The predicted molar refractivity (Wildman–Crippen MR) is 140 cm³/mol. The van der Waals surface area contributed by atoms with Crippen molar-refractivity contribution < 1.29 is 9.59 Å². The molecule has 0 heterocycles. The van der Waals surface area contributed by atoms with Crippen LogP contribution >= 0.6 is 0 Å². The molecule has 0 saturated carbocycles. The first-order valence-electron chi connectivity index (χ1n) is 12.0. The first kappa shape index (κ1) is 24.0. The van der Waals surface area contributed by atoms with E-state index >= 15 is 0 Å². The van der Waals surface area contributed by atoms with Crippen molar-refractivity contribution in [2.45, 2.75) is 31.3 Å². The molecule has 4 rings (SSSR count). The first-order valence-corrected chi connectivity index (χ1v) is 12.0. The van der Waals surface area contributed by atoms with E-state index in [4.69, 9.17) is 0 Å². The second kappa shape index (κ2) is 12.3. The van der Waals surface area contributed by atoms with Gasteiger partial charge in [0.15, 0.2) is 0 Å². The summed E-state index contributed by atoms with van der Waals surface area (Å²) in [6.45, 7) is 0. The second-order valence-corrected chi connectivity index (χ2v) is 8.50. The Labute approximate surface area is 207 Å². The quantitative estimate of drug-likeness (QED) is 0.305. The Morgan fingerprint density at radius 1 is 0.457 bits per heavy atom. The fraction of sp³-hybridized carbons (Fsp3) is 0.161. The van der Waals surface area contributed by atoms with E-state index in [9.17, 15) is 9.59 Å². The van der Waals surface area contributed by atoms with Crippen LogP contribution in [0.2, 0.25) is 0 Å². The molecule has 176 valence electrons. The lowest BCUT2D eigenvalue weighted by atomic mass is 9.98. The Hall–Kier alpha value is -4.18. The number of benzene rings is 4. The van der Waals surface area contributed by atoms with Crippen molar-refractivity contribution in [3.63, 3.8) is 0 Å². The summed E-state index contributed by atoms with van der Waals surface area (Å²) in [5.74, 6) is -0.142. The van der Waals surface area contributed by atoms with Gasteiger partial charge < -0.3 is 10.6 Å². The summed E-state index contributed by atoms with van der Waals surface area (Å²) in [4.78, 5) is 25.6. The van der Waals surface area contributed by atoms with Crippen LogP contribution in [0.3, 0.4) is 0 Å². The molecule has 4 aromatic carbocycles. The van der Waals surface area contributed by atoms with Gasteiger partial charge in [-0.05, 0) is 28.7 Å². The second-order valence-electron chi connectivity index (χ2n) is 8.50. The van der Waals surface area contributed by atoms with Gasteiger partial charge in [0.2, 0.25) is 11.8 Å². The van der Waals surface area contributed by atoms with Crippen LogP contribution in [0.4, 0.5) is 0 Å². The average molecular weight is 463 g/mol. The molecule has 0 aliphatic carbocycles. The van der Waals surface area contributed by atoms with Crippen molar-refractivity contribution in [3.8, 4) is 0 Å². The van der Waals surface area contributed by atoms with Crippen molar-refractivity contribution in [2.75, 3.05) is 0 Å². The first-order chi connectivity index (χ1) is 17.2. The van der Waals surface area contributed by atoms with Gasteiger partial charge in [-0.15, -0.1) is 0 Å². The minimum atomic E-state index is -0.223. The Kier molecular flexibility index (Phi) is 8.44. The fourth-order valence-corrected chi connectivity index (χ4v) is 4.18. The molecule has 0 aromatic heterocycles. The van der Waals surface area contributed by atoms with Gasteiger partial charge in [0, 0.05) is 12.8 Å². The Morgan fingerprint density at radius 2 is 0.714 bits per heavy atom. The van der Waals surface area contributed by atoms with Crippen molar-refractivity contribution in [2.24, 2.45) is 0 Å². The molecule has 4 nitrogen and oxygen atoms in total. The third kappa shape index (κ3) is 6.90. The van der Waals surface area contributed by atoms with Crippen LogP contribution in [0.1, 0.15) is 53.6 Å². The highest BCUT2D eigenvalue weighted by molar-refractivity contribution is 5.80. The molecule has 0 aliphatic heterocycles. The van der Waals surface area contributed by atoms with Crippen molar-refractivity contribution in [1.82, 2.24) is 10.6 Å². The van der Waals surface area contributed by atoms with Crippen LogP contribution in [0.5, 0.6) is 0 Å². The molecule has 0 fully saturated rings. The Bertz CT molecular complexity index is 1020. The highest BCUT2D eigenvalue weighted by Gasteiger charge is 2.18. The van der Waals surface area contributed by atoms with Crippen LogP contribution in [-0.4, -0.2) is 11.8 Å². The highest BCUT2D eigenvalue weighted by atomic mass is 16.2. The molecule has 0 aliphatic rings. The fourth-order valence-electron chi connectivity index (χ4n) is 4.18. The molecule has 0 bridgehead atoms. The van der Waals surface area contributed by atoms with E-state index in [1.54, 1.807) is 0 Å². The van der Waals surface area contributed by atoms with Gasteiger partial charge in [-0.2, -0.15) is 0 Å². The number of carbonyl (C=O) groups excluding carboxylic acids is 2. The zero-order chi connectivity index (χ0) is 24.3. The monoisotopic (exact) mass is 462 g/mol. The van der Waals surface area contributed by atoms with E-state index in [0.29, 0.717) is 6.42 Å². The number of hydrogen-bond donors (Lipinski definition) is 2. The van der Waals surface area contributed by atoms with Crippen LogP contribution in [0.15, 0.2) is 121 Å². The summed E-state index contributed by atoms with van der Waals surface area (Å²) in [7, 11) is 0. The average Bonchev–Trinajstić information content (AvgIpc) is 2.92. The molecule has 0 saturated heterocycles. The summed E-state index contributed by atoms with van der Waals surface area (Å²) >= 11 is 0. The molecule has 35 heavy (non-hydrogen) atoms. The normalized spacial score (nSPS) is 10.8. The number of carbonyl (C=O) groups is 2. The molecule has 4 heteroatoms. The number of hydrogen-bond acceptors (Lipinski definition) is 2. The van der Waals surface area contributed by atoms with E-state index in [1.165, 1.54) is 0 Å². The van der Waals surface area contributed by atoms with Crippen LogP contribution in [0, 0.1) is 0 Å². The smallest absolute Gasteiger partial charge is 0.220 e. The lowest BCUT2D eigenvalue weighted by molar-refractivity contribution is -0.123. The molecule has 4 aromatic rings. The topological polar surface area (TPSA) is 58.2 Å². The summed E-state index contributed by atoms with van der Waals surface area (Å²) < 4.78 is 0. The highest BCUT2D eigenvalue weighted by Crippen LogP contribution is 2.23. The molecule has 0 unspecified atom stereocenters. The van der Waals surface area contributed by atoms with Crippen molar-refractivity contribution in [1.29, 1.82) is 0 Å². The van der Waals surface area contributed by atoms with Gasteiger partial charge in [-0.3, -0.25) is 9.59 Å². The molecular formula is C31H30N2O2. The van der Waals surface area contributed by atoms with Crippen LogP contribution in [-0.2, 0) is 9.59 Å². The molecular weight excluding hydrogens is 432 g/mol. The Balaban J connectivity index is 1.34. The summed E-state index contributed by atoms with van der Waals surface area (Å²) in [6.07, 6.45) is 1.04. The third-order valence-electron chi connectivity index (χ3n) is 5.95. The lowest BCUT2D eigenvalue weighted by Crippen LogP contribution is -2.31. The van der Waals surface area contributed by atoms with E-state index in [1.807, 2.05) is 121 Å². The lowest BCUT2D eigenvalue weighted by Gasteiger charge is -2.21. The molecule has 0 radical (unpaired) electrons. The van der Waals surface area contributed by atoms with E-state index in [-0.39, 0.29) is 36.7 Å². The van der Waals surface area contributed by atoms with Crippen LogP contribution < -0.4 is 10.6 Å². The molecule has 0 spiro atoms. The number of amides is 2. The van der Waals surface area contributed by atoms with Crippen LogP contribution in [0.25, 0.3) is 0 Å². The minimum absolute atomic E-state index is 0.0711. The van der Waals surface area contributed by atoms with E-state index < -0.39 is 0 Å². The van der Waals surface area contributed by atoms with Gasteiger partial charge in [0.25, 0.3) is 0 Å². The van der Waals surface area contributed by atoms with Gasteiger partial charge in [0.1, 0.15) is 0 Å². The molecule has 2 amide bonds. The minimum Gasteiger partial charge on any atom is -0.345 e. The third-order valence-corrected chi connectivity index (χ3v) is 5.95. The maximum absolute atomic E-state index is 12.8. The maximum Gasteiger partial charge on any atom is 0.220 e. The van der Waals surface area contributed by atoms with Crippen molar-refractivity contribution in [3.05, 3.63) is 144 Å². The summed E-state index contributed by atoms with van der Waals surface area (Å²) in [5, 5.41) is 6.29. The largest absolute Gasteiger partial charge is 0.345 e. The van der Waals surface area contributed by atoms with E-state index in [0.717, 1.165) is 22.3 Å². The zero-order valence-corrected chi connectivity index (χ0v) is 19.6. The van der Waals surface area contributed by atoms with E-state index in [2.05, 4.69) is 10.6 Å². The number of rotatable bonds is 10. The van der Waals surface area contributed by atoms with Gasteiger partial charge in [-0.1, -0.05) is 121 Å². The van der Waals surface area contributed by atoms with Crippen molar-refractivity contribution >= 4 is 11.8 Å². The zero-order valence-electron chi connectivity index (χ0n) is 19.6. The van der Waals surface area contributed by atoms with Gasteiger partial charge in [0.05, 0.1) is 12.1 Å². The standard InChI is InChI=1S/C31H30N2O2/c34-28(32-30(24-14-5-1-6-15-24)25-16-7-2-8-17-25)22-13-23-29(35)33-31(26-18-9-3-10-19-26)27-20-11-4-12-21-27/h1-12,14-21,30-31H,13,22-23H2,(H,32,34)(H,33,35). The summed E-state index contributed by atoms with van der Waals surface area (Å²) in [5.41, 5.74) is 4.11. The Morgan fingerprint density at radius 3 is 0.971 bits per heavy atom. The molecule has 0 atom stereocenters. The number of nitrogens with one attached hydrogen (secondary N) is 2. The van der Waals surface area contributed by atoms with Gasteiger partial charge in [-0.25, -0.2) is 0 Å². The SMILES string of the molecule is O=C(CCCC(=O)NC(c1ccccc1)c1ccccc1)NC(c1ccccc1)c1ccccc1. The maximum atomic E-state index is 12.8. The van der Waals surface area contributed by atoms with Gasteiger partial charge >= 0.3 is 0 Å².